The van der Waals surface area contributed by atoms with Crippen LogP contribution >= 0.6 is 0 Å². The van der Waals surface area contributed by atoms with Gasteiger partial charge in [0.25, 0.3) is 0 Å². The summed E-state index contributed by atoms with van der Waals surface area (Å²) in [6, 6.07) is 0.568. The lowest BCUT2D eigenvalue weighted by molar-refractivity contribution is -0.119. The van der Waals surface area contributed by atoms with Crippen molar-refractivity contribution in [1.82, 2.24) is 5.32 Å². The molecule has 0 aromatic heterocycles. The Kier molecular flexibility index (Phi) is 3.04. The van der Waals surface area contributed by atoms with Crippen LogP contribution in [0.2, 0.25) is 0 Å². The van der Waals surface area contributed by atoms with E-state index in [1.165, 1.54) is 6.08 Å². The molecule has 3 atom stereocenters. The zero-order chi connectivity index (χ0) is 9.14. The summed E-state index contributed by atoms with van der Waals surface area (Å²) in [4.78, 5) is 11.4. The molecule has 0 radical (unpaired) electrons. The van der Waals surface area contributed by atoms with Crippen LogP contribution in [0.4, 0.5) is 0 Å². The molecule has 12 heavy (non-hydrogen) atoms. The third-order valence-electron chi connectivity index (χ3n) is 2.72. The van der Waals surface area contributed by atoms with Crippen LogP contribution < -0.4 is 5.32 Å². The Morgan fingerprint density at radius 1 is 1.83 bits per heavy atom. The lowest BCUT2D eigenvalue weighted by atomic mass is 9.85. The molecule has 1 saturated heterocycles. The number of nitrogens with one attached hydrogen (secondary N) is 1. The second kappa shape index (κ2) is 3.85. The van der Waals surface area contributed by atoms with Gasteiger partial charge in [-0.15, -0.1) is 0 Å². The van der Waals surface area contributed by atoms with E-state index in [-0.39, 0.29) is 11.7 Å². The zero-order valence-corrected chi connectivity index (χ0v) is 7.84. The molecule has 0 spiro atoms. The lowest BCUT2D eigenvalue weighted by Gasteiger charge is -2.18. The van der Waals surface area contributed by atoms with Crippen molar-refractivity contribution >= 4 is 5.78 Å². The highest BCUT2D eigenvalue weighted by molar-refractivity contribution is 5.91. The van der Waals surface area contributed by atoms with Crippen molar-refractivity contribution in [2.45, 2.75) is 26.3 Å². The predicted molar refractivity (Wildman–Crippen MR) is 49.9 cm³/mol. The second-order valence-electron chi connectivity index (χ2n) is 3.50. The largest absolute Gasteiger partial charge is 0.311 e. The van der Waals surface area contributed by atoms with Crippen LogP contribution in [0.5, 0.6) is 0 Å². The summed E-state index contributed by atoms with van der Waals surface area (Å²) < 4.78 is 0. The summed E-state index contributed by atoms with van der Waals surface area (Å²) in [6.45, 7) is 8.79. The summed E-state index contributed by atoms with van der Waals surface area (Å²) >= 11 is 0. The molecule has 0 amide bonds. The molecule has 0 aliphatic carbocycles. The van der Waals surface area contributed by atoms with Gasteiger partial charge in [0.1, 0.15) is 0 Å². The number of hydrogen-bond donors (Lipinski definition) is 1. The number of carbonyl (C=O) groups excluding carboxylic acids is 1. The fourth-order valence-corrected chi connectivity index (χ4v) is 1.70. The summed E-state index contributed by atoms with van der Waals surface area (Å²) in [5, 5.41) is 3.24. The van der Waals surface area contributed by atoms with Gasteiger partial charge in [-0.05, 0) is 18.4 Å². The van der Waals surface area contributed by atoms with E-state index in [1.54, 1.807) is 0 Å². The Bertz CT molecular complexity index is 184. The van der Waals surface area contributed by atoms with Gasteiger partial charge in [0.15, 0.2) is 5.78 Å². The SMILES string of the molecule is C=CC(=O)C(CC)C(C)C1CN1. The van der Waals surface area contributed by atoms with Crippen molar-refractivity contribution in [3.05, 3.63) is 12.7 Å². The Morgan fingerprint density at radius 2 is 2.42 bits per heavy atom. The van der Waals surface area contributed by atoms with Crippen LogP contribution in [-0.2, 0) is 4.79 Å². The van der Waals surface area contributed by atoms with Crippen LogP contribution in [0.1, 0.15) is 20.3 Å². The Balaban J connectivity index is 2.52. The number of hydrogen-bond acceptors (Lipinski definition) is 2. The quantitative estimate of drug-likeness (QED) is 0.496. The highest BCUT2D eigenvalue weighted by atomic mass is 16.1. The van der Waals surface area contributed by atoms with Crippen LogP contribution in [0.15, 0.2) is 12.7 Å². The molecule has 2 nitrogen and oxygen atoms in total. The molecule has 1 aliphatic heterocycles. The predicted octanol–water partition coefficient (Wildman–Crippen LogP) is 1.38. The minimum atomic E-state index is 0.169. The van der Waals surface area contributed by atoms with E-state index in [2.05, 4.69) is 25.7 Å². The van der Waals surface area contributed by atoms with Gasteiger partial charge in [0.2, 0.25) is 0 Å². The number of allylic oxidation sites excluding steroid dienone is 1. The maximum absolute atomic E-state index is 11.4. The maximum atomic E-state index is 11.4. The van der Waals surface area contributed by atoms with Crippen LogP contribution in [0.3, 0.4) is 0 Å². The second-order valence-corrected chi connectivity index (χ2v) is 3.50. The van der Waals surface area contributed by atoms with Crippen molar-refractivity contribution in [2.75, 3.05) is 6.54 Å². The molecule has 0 bridgehead atoms. The van der Waals surface area contributed by atoms with Gasteiger partial charge in [-0.3, -0.25) is 4.79 Å². The molecule has 0 saturated carbocycles. The highest BCUT2D eigenvalue weighted by Crippen LogP contribution is 2.24. The lowest BCUT2D eigenvalue weighted by Crippen LogP contribution is -2.24. The van der Waals surface area contributed by atoms with E-state index in [0.29, 0.717) is 12.0 Å². The number of rotatable bonds is 5. The van der Waals surface area contributed by atoms with Crippen molar-refractivity contribution in [1.29, 1.82) is 0 Å². The fourth-order valence-electron chi connectivity index (χ4n) is 1.70. The zero-order valence-electron chi connectivity index (χ0n) is 7.84. The Labute approximate surface area is 74.0 Å². The van der Waals surface area contributed by atoms with Crippen LogP contribution in [-0.4, -0.2) is 18.4 Å². The summed E-state index contributed by atoms with van der Waals surface area (Å²) in [6.07, 6.45) is 2.37. The molecule has 1 N–H and O–H groups in total. The van der Waals surface area contributed by atoms with E-state index in [1.807, 2.05) is 0 Å². The minimum absolute atomic E-state index is 0.169. The first-order valence-electron chi connectivity index (χ1n) is 4.60. The molecule has 0 aromatic carbocycles. The first-order chi connectivity index (χ1) is 5.70. The van der Waals surface area contributed by atoms with Gasteiger partial charge >= 0.3 is 0 Å². The maximum Gasteiger partial charge on any atom is 0.158 e. The van der Waals surface area contributed by atoms with E-state index in [9.17, 15) is 4.79 Å². The van der Waals surface area contributed by atoms with Crippen molar-refractivity contribution in [3.8, 4) is 0 Å². The van der Waals surface area contributed by atoms with E-state index < -0.39 is 0 Å². The van der Waals surface area contributed by atoms with Gasteiger partial charge in [-0.1, -0.05) is 20.4 Å². The number of carbonyl (C=O) groups is 1. The average Bonchev–Trinajstić information content (AvgIpc) is 2.87. The van der Waals surface area contributed by atoms with Crippen LogP contribution in [0.25, 0.3) is 0 Å². The molecule has 2 heteroatoms. The smallest absolute Gasteiger partial charge is 0.158 e. The van der Waals surface area contributed by atoms with Crippen molar-refractivity contribution < 1.29 is 4.79 Å². The normalized spacial score (nSPS) is 26.0. The molecule has 3 unspecified atom stereocenters. The molecule has 1 aliphatic rings. The Hall–Kier alpha value is -0.630. The fraction of sp³-hybridized carbons (Fsp3) is 0.700. The summed E-state index contributed by atoms with van der Waals surface area (Å²) in [5.41, 5.74) is 0. The molecule has 68 valence electrons. The Morgan fingerprint density at radius 3 is 2.75 bits per heavy atom. The third kappa shape index (κ3) is 1.95. The molecule has 1 heterocycles. The average molecular weight is 167 g/mol. The molecular weight excluding hydrogens is 150 g/mol. The molecule has 1 fully saturated rings. The van der Waals surface area contributed by atoms with Crippen LogP contribution in [0, 0.1) is 11.8 Å². The van der Waals surface area contributed by atoms with E-state index >= 15 is 0 Å². The van der Waals surface area contributed by atoms with Crippen molar-refractivity contribution in [3.63, 3.8) is 0 Å². The summed E-state index contributed by atoms with van der Waals surface area (Å²) in [7, 11) is 0. The summed E-state index contributed by atoms with van der Waals surface area (Å²) in [5.74, 6) is 0.821. The highest BCUT2D eigenvalue weighted by Gasteiger charge is 2.34. The van der Waals surface area contributed by atoms with Crippen molar-refractivity contribution in [2.24, 2.45) is 11.8 Å². The monoisotopic (exact) mass is 167 g/mol. The first-order valence-corrected chi connectivity index (χ1v) is 4.60. The first kappa shape index (κ1) is 9.46. The van der Waals surface area contributed by atoms with Gasteiger partial charge in [0, 0.05) is 18.5 Å². The van der Waals surface area contributed by atoms with Gasteiger partial charge in [-0.2, -0.15) is 0 Å². The van der Waals surface area contributed by atoms with Gasteiger partial charge in [0.05, 0.1) is 0 Å². The standard InChI is InChI=1S/C10H17NO/c1-4-8(10(12)5-2)7(3)9-6-11-9/h5,7-9,11H,2,4,6H2,1,3H3. The van der Waals surface area contributed by atoms with Gasteiger partial charge < -0.3 is 5.32 Å². The molecule has 0 aromatic rings. The molecular formula is C10H17NO. The molecule has 1 rings (SSSR count). The topological polar surface area (TPSA) is 39.0 Å². The van der Waals surface area contributed by atoms with Gasteiger partial charge in [-0.25, -0.2) is 0 Å². The number of ketones is 1. The third-order valence-corrected chi connectivity index (χ3v) is 2.72. The van der Waals surface area contributed by atoms with E-state index in [4.69, 9.17) is 0 Å². The van der Waals surface area contributed by atoms with E-state index in [0.717, 1.165) is 13.0 Å². The minimum Gasteiger partial charge on any atom is -0.311 e.